The summed E-state index contributed by atoms with van der Waals surface area (Å²) in [7, 11) is 0. The number of benzene rings is 1. The third kappa shape index (κ3) is 2.92. The highest BCUT2D eigenvalue weighted by atomic mass is 16.3. The zero-order chi connectivity index (χ0) is 17.3. The van der Waals surface area contributed by atoms with E-state index in [4.69, 9.17) is 0 Å². The number of hydrogen-bond donors (Lipinski definition) is 2. The van der Waals surface area contributed by atoms with E-state index in [1.807, 2.05) is 30.3 Å². The Morgan fingerprint density at radius 1 is 1.16 bits per heavy atom. The van der Waals surface area contributed by atoms with Gasteiger partial charge in [-0.15, -0.1) is 0 Å². The number of aromatic nitrogens is 2. The van der Waals surface area contributed by atoms with Crippen molar-refractivity contribution in [2.24, 2.45) is 5.41 Å². The lowest BCUT2D eigenvalue weighted by Crippen LogP contribution is -2.60. The minimum Gasteiger partial charge on any atom is -0.387 e. The Bertz CT molecular complexity index is 796. The first-order valence-electron chi connectivity index (χ1n) is 9.17. The van der Waals surface area contributed by atoms with Crippen LogP contribution >= 0.6 is 0 Å². The van der Waals surface area contributed by atoms with Crippen LogP contribution in [0.5, 0.6) is 0 Å². The summed E-state index contributed by atoms with van der Waals surface area (Å²) in [5, 5.41) is 14.9. The van der Waals surface area contributed by atoms with E-state index >= 15 is 0 Å². The summed E-state index contributed by atoms with van der Waals surface area (Å²) < 4.78 is 1.58. The van der Waals surface area contributed by atoms with Crippen LogP contribution in [0.1, 0.15) is 32.1 Å². The average molecular weight is 339 g/mol. The smallest absolute Gasteiger partial charge is 0.253 e. The first-order chi connectivity index (χ1) is 12.1. The molecule has 25 heavy (non-hydrogen) atoms. The maximum atomic E-state index is 12.6. The molecule has 132 valence electrons. The summed E-state index contributed by atoms with van der Waals surface area (Å²) in [5.41, 5.74) is 0.556. The zero-order valence-electron chi connectivity index (χ0n) is 14.4. The van der Waals surface area contributed by atoms with Gasteiger partial charge >= 0.3 is 0 Å². The molecule has 5 nitrogen and oxygen atoms in total. The van der Waals surface area contributed by atoms with Gasteiger partial charge in [0.05, 0.1) is 24.2 Å². The molecule has 5 heteroatoms. The van der Waals surface area contributed by atoms with Crippen LogP contribution in [0.2, 0.25) is 0 Å². The minimum absolute atomic E-state index is 0.103. The molecule has 1 spiro atoms. The molecule has 1 aromatic heterocycles. The summed E-state index contributed by atoms with van der Waals surface area (Å²) in [5.74, 6) is 0. The van der Waals surface area contributed by atoms with E-state index in [9.17, 15) is 9.90 Å². The van der Waals surface area contributed by atoms with Crippen LogP contribution in [-0.4, -0.2) is 33.3 Å². The molecule has 1 saturated heterocycles. The Balaban J connectivity index is 1.63. The van der Waals surface area contributed by atoms with E-state index in [1.54, 1.807) is 17.0 Å². The van der Waals surface area contributed by atoms with Crippen LogP contribution in [-0.2, 0) is 6.54 Å². The molecule has 1 aliphatic heterocycles. The van der Waals surface area contributed by atoms with Gasteiger partial charge < -0.3 is 10.4 Å². The van der Waals surface area contributed by atoms with Crippen LogP contribution in [0.3, 0.4) is 0 Å². The van der Waals surface area contributed by atoms with Gasteiger partial charge in [0.25, 0.3) is 5.56 Å². The molecule has 2 aromatic rings. The van der Waals surface area contributed by atoms with Gasteiger partial charge in [0, 0.05) is 23.6 Å². The van der Waals surface area contributed by atoms with Crippen molar-refractivity contribution in [2.75, 3.05) is 13.1 Å². The van der Waals surface area contributed by atoms with Crippen LogP contribution in [0, 0.1) is 5.41 Å². The van der Waals surface area contributed by atoms with E-state index in [-0.39, 0.29) is 11.0 Å². The quantitative estimate of drug-likeness (QED) is 0.900. The van der Waals surface area contributed by atoms with Crippen molar-refractivity contribution in [1.29, 1.82) is 0 Å². The van der Waals surface area contributed by atoms with Crippen LogP contribution < -0.4 is 10.9 Å². The molecule has 2 heterocycles. The van der Waals surface area contributed by atoms with Crippen LogP contribution in [0.25, 0.3) is 11.3 Å². The SMILES string of the molecule is O=c1cc(-c2ccccc2)ncn1C[C@]1(O)CCNCC12CCCC2. The van der Waals surface area contributed by atoms with Crippen molar-refractivity contribution >= 4 is 0 Å². The minimum atomic E-state index is -0.839. The summed E-state index contributed by atoms with van der Waals surface area (Å²) in [6.07, 6.45) is 6.64. The Hall–Kier alpha value is -1.98. The van der Waals surface area contributed by atoms with Crippen LogP contribution in [0.15, 0.2) is 47.5 Å². The Labute approximate surface area is 147 Å². The fourth-order valence-electron chi connectivity index (χ4n) is 4.59. The van der Waals surface area contributed by atoms with E-state index in [2.05, 4.69) is 10.3 Å². The molecular formula is C20H25N3O2. The van der Waals surface area contributed by atoms with Gasteiger partial charge in [-0.2, -0.15) is 0 Å². The summed E-state index contributed by atoms with van der Waals surface area (Å²) >= 11 is 0. The predicted octanol–water partition coefficient (Wildman–Crippen LogP) is 2.20. The van der Waals surface area contributed by atoms with Gasteiger partial charge in [0.1, 0.15) is 0 Å². The summed E-state index contributed by atoms with van der Waals surface area (Å²) in [4.78, 5) is 17.1. The highest BCUT2D eigenvalue weighted by Crippen LogP contribution is 2.49. The zero-order valence-corrected chi connectivity index (χ0v) is 14.4. The summed E-state index contributed by atoms with van der Waals surface area (Å²) in [6, 6.07) is 11.3. The van der Waals surface area contributed by atoms with Crippen molar-refractivity contribution in [2.45, 2.75) is 44.2 Å². The highest BCUT2D eigenvalue weighted by molar-refractivity contribution is 5.57. The molecule has 0 bridgehead atoms. The predicted molar refractivity (Wildman–Crippen MR) is 97.3 cm³/mol. The number of piperidine rings is 1. The molecule has 0 unspecified atom stereocenters. The topological polar surface area (TPSA) is 67.2 Å². The number of hydrogen-bond acceptors (Lipinski definition) is 4. The molecule has 4 rings (SSSR count). The van der Waals surface area contributed by atoms with Gasteiger partial charge in [-0.05, 0) is 25.8 Å². The number of nitrogens with zero attached hydrogens (tertiary/aromatic N) is 2. The summed E-state index contributed by atoms with van der Waals surface area (Å²) in [6.45, 7) is 1.96. The molecule has 0 amide bonds. The second-order valence-corrected chi connectivity index (χ2v) is 7.55. The standard InChI is InChI=1S/C20H25N3O2/c24-18-12-17(16-6-2-1-3-7-16)22-15-23(18)14-20(25)10-11-21-13-19(20)8-4-5-9-19/h1-3,6-7,12,15,21,25H,4-5,8-11,13-14H2/t20-/m1/s1. The molecule has 1 aliphatic carbocycles. The number of nitrogens with one attached hydrogen (secondary N) is 1. The van der Waals surface area contributed by atoms with Gasteiger partial charge in [0.2, 0.25) is 0 Å². The second kappa shape index (κ2) is 6.39. The number of rotatable bonds is 3. The fraction of sp³-hybridized carbons (Fsp3) is 0.500. The van der Waals surface area contributed by atoms with Crippen molar-refractivity contribution in [1.82, 2.24) is 14.9 Å². The fourth-order valence-corrected chi connectivity index (χ4v) is 4.59. The van der Waals surface area contributed by atoms with Gasteiger partial charge in [-0.3, -0.25) is 9.36 Å². The Morgan fingerprint density at radius 2 is 1.92 bits per heavy atom. The maximum Gasteiger partial charge on any atom is 0.253 e. The molecule has 2 N–H and O–H groups in total. The molecule has 1 atom stereocenters. The van der Waals surface area contributed by atoms with Crippen LogP contribution in [0.4, 0.5) is 0 Å². The average Bonchev–Trinajstić information content (AvgIpc) is 3.11. The lowest BCUT2D eigenvalue weighted by molar-refractivity contribution is -0.115. The van der Waals surface area contributed by atoms with Gasteiger partial charge in [-0.25, -0.2) is 4.98 Å². The first kappa shape index (κ1) is 16.5. The third-order valence-corrected chi connectivity index (χ3v) is 6.11. The first-order valence-corrected chi connectivity index (χ1v) is 9.17. The molecular weight excluding hydrogens is 314 g/mol. The molecule has 2 aliphatic rings. The van der Waals surface area contributed by atoms with Crippen molar-refractivity contribution < 1.29 is 5.11 Å². The van der Waals surface area contributed by atoms with E-state index in [0.717, 1.165) is 44.3 Å². The molecule has 1 aromatic carbocycles. The monoisotopic (exact) mass is 339 g/mol. The van der Waals surface area contributed by atoms with Crippen molar-refractivity contribution in [3.05, 3.63) is 53.1 Å². The molecule has 1 saturated carbocycles. The van der Waals surface area contributed by atoms with E-state index in [0.29, 0.717) is 18.7 Å². The lowest BCUT2D eigenvalue weighted by atomic mass is 9.66. The van der Waals surface area contributed by atoms with Crippen molar-refractivity contribution in [3.8, 4) is 11.3 Å². The Kier molecular flexibility index (Phi) is 4.21. The van der Waals surface area contributed by atoms with Gasteiger partial charge in [-0.1, -0.05) is 43.2 Å². The molecule has 2 fully saturated rings. The Morgan fingerprint density at radius 3 is 2.64 bits per heavy atom. The van der Waals surface area contributed by atoms with Gasteiger partial charge in [0.15, 0.2) is 0 Å². The third-order valence-electron chi connectivity index (χ3n) is 6.11. The second-order valence-electron chi connectivity index (χ2n) is 7.55. The lowest BCUT2D eigenvalue weighted by Gasteiger charge is -2.49. The molecule has 0 radical (unpaired) electrons. The van der Waals surface area contributed by atoms with E-state index in [1.165, 1.54) is 0 Å². The normalized spacial score (nSPS) is 25.3. The van der Waals surface area contributed by atoms with E-state index < -0.39 is 5.60 Å². The van der Waals surface area contributed by atoms with Crippen molar-refractivity contribution in [3.63, 3.8) is 0 Å². The largest absolute Gasteiger partial charge is 0.387 e. The highest BCUT2D eigenvalue weighted by Gasteiger charge is 2.53. The number of aliphatic hydroxyl groups is 1. The maximum absolute atomic E-state index is 12.6.